The number of halogens is 2. The van der Waals surface area contributed by atoms with Gasteiger partial charge in [-0.15, -0.1) is 0 Å². The Morgan fingerprint density at radius 3 is 2.67 bits per heavy atom. The maximum atomic E-state index is 12.4. The molecule has 3 nitrogen and oxygen atoms in total. The van der Waals surface area contributed by atoms with E-state index in [1.165, 1.54) is 6.42 Å². The van der Waals surface area contributed by atoms with Crippen molar-refractivity contribution in [1.29, 1.82) is 0 Å². The van der Waals surface area contributed by atoms with Crippen molar-refractivity contribution in [2.45, 2.75) is 44.4 Å². The second-order valence-electron chi connectivity index (χ2n) is 3.80. The highest BCUT2D eigenvalue weighted by molar-refractivity contribution is 5.67. The topological polar surface area (TPSA) is 38.3 Å². The van der Waals surface area contributed by atoms with E-state index in [1.807, 2.05) is 0 Å². The van der Waals surface area contributed by atoms with E-state index in [1.54, 1.807) is 0 Å². The van der Waals surface area contributed by atoms with Crippen molar-refractivity contribution < 1.29 is 18.3 Å². The Kier molecular flexibility index (Phi) is 5.36. The van der Waals surface area contributed by atoms with Crippen molar-refractivity contribution in [3.63, 3.8) is 0 Å². The van der Waals surface area contributed by atoms with E-state index in [4.69, 9.17) is 4.74 Å². The van der Waals surface area contributed by atoms with E-state index in [-0.39, 0.29) is 12.6 Å². The maximum Gasteiger partial charge on any atom is 0.407 e. The smallest absolute Gasteiger partial charge is 0.407 e. The summed E-state index contributed by atoms with van der Waals surface area (Å²) in [5, 5.41) is 2.20. The maximum absolute atomic E-state index is 12.4. The van der Waals surface area contributed by atoms with Gasteiger partial charge in [-0.3, -0.25) is 0 Å². The second kappa shape index (κ2) is 6.58. The summed E-state index contributed by atoms with van der Waals surface area (Å²) in [6.07, 6.45) is 2.72. The number of carbonyl (C=O) groups excluding carboxylic acids is 1. The first-order valence-electron chi connectivity index (χ1n) is 5.37. The number of ether oxygens (including phenoxy) is 1. The average Bonchev–Trinajstić information content (AvgIpc) is 2.27. The van der Waals surface area contributed by atoms with Crippen molar-refractivity contribution >= 4 is 6.09 Å². The Hall–Kier alpha value is -0.870. The third kappa shape index (κ3) is 4.95. The summed E-state index contributed by atoms with van der Waals surface area (Å²) in [5.41, 5.74) is 0. The fraction of sp³-hybridized carbons (Fsp3) is 0.900. The van der Waals surface area contributed by atoms with Gasteiger partial charge < -0.3 is 10.1 Å². The molecule has 1 rings (SSSR count). The van der Waals surface area contributed by atoms with Crippen LogP contribution in [0.1, 0.15) is 32.1 Å². The van der Waals surface area contributed by atoms with Crippen LogP contribution in [0, 0.1) is 0 Å². The van der Waals surface area contributed by atoms with Crippen LogP contribution in [0.2, 0.25) is 0 Å². The molecule has 0 saturated heterocycles. The lowest BCUT2D eigenvalue weighted by Gasteiger charge is -2.21. The molecule has 1 N–H and O–H groups in total. The third-order valence-corrected chi connectivity index (χ3v) is 2.46. The first-order chi connectivity index (χ1) is 7.22. The van der Waals surface area contributed by atoms with Gasteiger partial charge in [0.2, 0.25) is 0 Å². The quantitative estimate of drug-likeness (QED) is 0.791. The largest absolute Gasteiger partial charge is 0.446 e. The summed E-state index contributed by atoms with van der Waals surface area (Å²) < 4.78 is 29.2. The molecule has 1 saturated carbocycles. The van der Waals surface area contributed by atoms with Crippen LogP contribution in [0.15, 0.2) is 0 Å². The van der Waals surface area contributed by atoms with E-state index in [0.29, 0.717) is 0 Å². The van der Waals surface area contributed by atoms with E-state index in [9.17, 15) is 13.6 Å². The molecule has 1 atom stereocenters. The van der Waals surface area contributed by atoms with Gasteiger partial charge in [-0.25, -0.2) is 13.6 Å². The standard InChI is InChI=1S/C10H17F2NO2/c11-6-8(12)7-13-10(14)15-9-4-2-1-3-5-9/h8-9H,1-7H2,(H,13,14)/t8-/m1/s1. The van der Waals surface area contributed by atoms with Crippen LogP contribution in [0.3, 0.4) is 0 Å². The molecule has 0 unspecified atom stereocenters. The molecule has 0 heterocycles. The van der Waals surface area contributed by atoms with Gasteiger partial charge in [-0.2, -0.15) is 0 Å². The molecule has 1 aliphatic rings. The molecule has 0 aromatic rings. The van der Waals surface area contributed by atoms with Crippen LogP contribution < -0.4 is 5.32 Å². The first kappa shape index (κ1) is 12.2. The molecule has 1 amide bonds. The molecule has 0 aromatic heterocycles. The molecule has 0 aliphatic heterocycles. The second-order valence-corrected chi connectivity index (χ2v) is 3.80. The molecule has 5 heteroatoms. The fourth-order valence-corrected chi connectivity index (χ4v) is 1.62. The zero-order valence-corrected chi connectivity index (χ0v) is 8.68. The molecule has 15 heavy (non-hydrogen) atoms. The molecule has 0 radical (unpaired) electrons. The lowest BCUT2D eigenvalue weighted by atomic mass is 9.98. The summed E-state index contributed by atoms with van der Waals surface area (Å²) in [6.45, 7) is -1.40. The Labute approximate surface area is 88.2 Å². The number of amides is 1. The van der Waals surface area contributed by atoms with Crippen molar-refractivity contribution in [2.24, 2.45) is 0 Å². The predicted octanol–water partition coefficient (Wildman–Crippen LogP) is 2.35. The summed E-state index contributed by atoms with van der Waals surface area (Å²) in [7, 11) is 0. The highest BCUT2D eigenvalue weighted by Crippen LogP contribution is 2.20. The van der Waals surface area contributed by atoms with Crippen LogP contribution >= 0.6 is 0 Å². The van der Waals surface area contributed by atoms with Crippen molar-refractivity contribution in [3.8, 4) is 0 Å². The van der Waals surface area contributed by atoms with Gasteiger partial charge in [0.05, 0.1) is 6.54 Å². The van der Waals surface area contributed by atoms with Crippen LogP contribution in [0.25, 0.3) is 0 Å². The van der Waals surface area contributed by atoms with Crippen molar-refractivity contribution in [3.05, 3.63) is 0 Å². The molecule has 1 fully saturated rings. The van der Waals surface area contributed by atoms with E-state index in [2.05, 4.69) is 5.32 Å². The molecule has 1 aliphatic carbocycles. The minimum Gasteiger partial charge on any atom is -0.446 e. The molecular weight excluding hydrogens is 204 g/mol. The van der Waals surface area contributed by atoms with Crippen molar-refractivity contribution in [1.82, 2.24) is 5.32 Å². The Bertz CT molecular complexity index is 196. The number of carbonyl (C=O) groups is 1. The minimum absolute atomic E-state index is 0.0535. The molecular formula is C10H17F2NO2. The first-order valence-corrected chi connectivity index (χ1v) is 5.37. The number of rotatable bonds is 4. The molecule has 0 bridgehead atoms. The monoisotopic (exact) mass is 221 g/mol. The lowest BCUT2D eigenvalue weighted by molar-refractivity contribution is 0.0733. The van der Waals surface area contributed by atoms with Crippen LogP contribution in [0.4, 0.5) is 13.6 Å². The van der Waals surface area contributed by atoms with Gasteiger partial charge in [0.25, 0.3) is 0 Å². The van der Waals surface area contributed by atoms with Gasteiger partial charge in [-0.1, -0.05) is 6.42 Å². The summed E-state index contributed by atoms with van der Waals surface area (Å²) in [6, 6.07) is 0. The highest BCUT2D eigenvalue weighted by Gasteiger charge is 2.18. The average molecular weight is 221 g/mol. The fourth-order valence-electron chi connectivity index (χ4n) is 1.62. The highest BCUT2D eigenvalue weighted by atomic mass is 19.2. The summed E-state index contributed by atoms with van der Waals surface area (Å²) >= 11 is 0. The van der Waals surface area contributed by atoms with Crippen molar-refractivity contribution in [2.75, 3.05) is 13.2 Å². The number of alkyl carbamates (subject to hydrolysis) is 1. The zero-order chi connectivity index (χ0) is 11.1. The molecule has 0 aromatic carbocycles. The van der Waals surface area contributed by atoms with Crippen LogP contribution in [0.5, 0.6) is 0 Å². The Morgan fingerprint density at radius 2 is 2.07 bits per heavy atom. The van der Waals surface area contributed by atoms with E-state index >= 15 is 0 Å². The van der Waals surface area contributed by atoms with E-state index < -0.39 is 18.9 Å². The molecule has 88 valence electrons. The normalized spacial score (nSPS) is 19.6. The zero-order valence-electron chi connectivity index (χ0n) is 8.68. The number of nitrogens with one attached hydrogen (secondary N) is 1. The Balaban J connectivity index is 2.11. The molecule has 0 spiro atoms. The van der Waals surface area contributed by atoms with E-state index in [0.717, 1.165) is 25.7 Å². The van der Waals surface area contributed by atoms with Gasteiger partial charge >= 0.3 is 6.09 Å². The van der Waals surface area contributed by atoms with Gasteiger partial charge in [0, 0.05) is 0 Å². The van der Waals surface area contributed by atoms with Crippen LogP contribution in [-0.4, -0.2) is 31.6 Å². The number of hydrogen-bond acceptors (Lipinski definition) is 2. The van der Waals surface area contributed by atoms with Gasteiger partial charge in [0.15, 0.2) is 0 Å². The number of hydrogen-bond donors (Lipinski definition) is 1. The Morgan fingerprint density at radius 1 is 1.40 bits per heavy atom. The third-order valence-electron chi connectivity index (χ3n) is 2.46. The predicted molar refractivity (Wildman–Crippen MR) is 52.2 cm³/mol. The van der Waals surface area contributed by atoms with Crippen LogP contribution in [-0.2, 0) is 4.74 Å². The lowest BCUT2D eigenvalue weighted by Crippen LogP contribution is -2.34. The minimum atomic E-state index is -1.64. The van der Waals surface area contributed by atoms with Gasteiger partial charge in [-0.05, 0) is 25.7 Å². The van der Waals surface area contributed by atoms with Gasteiger partial charge in [0.1, 0.15) is 19.0 Å². The summed E-state index contributed by atoms with van der Waals surface area (Å²) in [4.78, 5) is 11.1. The SMILES string of the molecule is O=C(NC[C@H](F)CF)OC1CCCCC1. The number of alkyl halides is 2. The summed E-state index contributed by atoms with van der Waals surface area (Å²) in [5.74, 6) is 0.